The van der Waals surface area contributed by atoms with E-state index >= 15 is 0 Å². The van der Waals surface area contributed by atoms with Crippen molar-refractivity contribution in [2.24, 2.45) is 0 Å². The quantitative estimate of drug-likeness (QED) is 0.443. The molecule has 1 aromatic rings. The second kappa shape index (κ2) is 3.39. The van der Waals surface area contributed by atoms with Gasteiger partial charge in [-0.15, -0.1) is 0 Å². The molecular formula is C8H6BFO2. The number of hydrogen-bond donors (Lipinski definition) is 0. The Morgan fingerprint density at radius 2 is 2.25 bits per heavy atom. The van der Waals surface area contributed by atoms with Crippen LogP contribution in [-0.4, -0.2) is 20.9 Å². The van der Waals surface area contributed by atoms with Crippen molar-refractivity contribution in [2.45, 2.75) is 0 Å². The van der Waals surface area contributed by atoms with Crippen LogP contribution in [0.2, 0.25) is 0 Å². The number of ether oxygens (including phenoxy) is 1. The predicted molar refractivity (Wildman–Crippen MR) is 43.1 cm³/mol. The summed E-state index contributed by atoms with van der Waals surface area (Å²) >= 11 is 0. The lowest BCUT2D eigenvalue weighted by atomic mass is 9.90. The average molecular weight is 164 g/mol. The van der Waals surface area contributed by atoms with Gasteiger partial charge in [-0.3, -0.25) is 0 Å². The zero-order valence-corrected chi connectivity index (χ0v) is 6.50. The number of rotatable bonds is 1. The van der Waals surface area contributed by atoms with Crippen molar-refractivity contribution in [3.63, 3.8) is 0 Å². The first kappa shape index (κ1) is 8.78. The lowest BCUT2D eigenvalue weighted by Crippen LogP contribution is -2.17. The molecule has 1 rings (SSSR count). The van der Waals surface area contributed by atoms with Crippen LogP contribution in [0.15, 0.2) is 18.2 Å². The van der Waals surface area contributed by atoms with Crippen LogP contribution in [0.1, 0.15) is 10.4 Å². The van der Waals surface area contributed by atoms with E-state index in [2.05, 4.69) is 4.74 Å². The molecule has 2 nitrogen and oxygen atoms in total. The molecule has 12 heavy (non-hydrogen) atoms. The van der Waals surface area contributed by atoms with Crippen molar-refractivity contribution >= 4 is 19.3 Å². The molecule has 0 bridgehead atoms. The summed E-state index contributed by atoms with van der Waals surface area (Å²) in [6.45, 7) is 0. The van der Waals surface area contributed by atoms with E-state index in [9.17, 15) is 9.18 Å². The second-order valence-corrected chi connectivity index (χ2v) is 2.22. The Bertz CT molecular complexity index is 312. The van der Waals surface area contributed by atoms with Gasteiger partial charge in [-0.2, -0.15) is 0 Å². The summed E-state index contributed by atoms with van der Waals surface area (Å²) in [6, 6.07) is 3.55. The molecule has 4 heteroatoms. The Morgan fingerprint density at radius 3 is 2.83 bits per heavy atom. The molecule has 60 valence electrons. The van der Waals surface area contributed by atoms with Crippen molar-refractivity contribution in [1.29, 1.82) is 0 Å². The molecule has 0 amide bonds. The first-order valence-electron chi connectivity index (χ1n) is 3.28. The SMILES string of the molecule is [B]c1ccc(F)cc1C(=O)OC. The molecule has 0 unspecified atom stereocenters. The Balaban J connectivity index is 3.13. The Labute approximate surface area is 70.8 Å². The largest absolute Gasteiger partial charge is 0.465 e. The van der Waals surface area contributed by atoms with Gasteiger partial charge in [0.15, 0.2) is 0 Å². The van der Waals surface area contributed by atoms with Gasteiger partial charge in [-0.05, 0) is 12.1 Å². The van der Waals surface area contributed by atoms with E-state index in [1.165, 1.54) is 19.2 Å². The van der Waals surface area contributed by atoms with Crippen LogP contribution in [0.4, 0.5) is 4.39 Å². The van der Waals surface area contributed by atoms with Crippen molar-refractivity contribution in [1.82, 2.24) is 0 Å². The number of benzene rings is 1. The molecular weight excluding hydrogens is 158 g/mol. The van der Waals surface area contributed by atoms with Crippen LogP contribution < -0.4 is 5.46 Å². The normalized spacial score (nSPS) is 9.50. The van der Waals surface area contributed by atoms with Crippen molar-refractivity contribution < 1.29 is 13.9 Å². The summed E-state index contributed by atoms with van der Waals surface area (Å²) in [5.74, 6) is -1.14. The van der Waals surface area contributed by atoms with E-state index in [0.717, 1.165) is 6.07 Å². The summed E-state index contributed by atoms with van der Waals surface area (Å²) in [7, 11) is 6.61. The highest BCUT2D eigenvalue weighted by Gasteiger charge is 2.08. The third kappa shape index (κ3) is 1.64. The van der Waals surface area contributed by atoms with E-state index in [1.807, 2.05) is 0 Å². The van der Waals surface area contributed by atoms with Crippen LogP contribution in [0.25, 0.3) is 0 Å². The van der Waals surface area contributed by atoms with Crippen LogP contribution >= 0.6 is 0 Å². The first-order valence-corrected chi connectivity index (χ1v) is 3.28. The summed E-state index contributed by atoms with van der Waals surface area (Å²) in [4.78, 5) is 10.9. The van der Waals surface area contributed by atoms with Gasteiger partial charge in [0.2, 0.25) is 0 Å². The maximum Gasteiger partial charge on any atom is 0.337 e. The minimum atomic E-state index is -0.632. The molecule has 0 heterocycles. The van der Waals surface area contributed by atoms with E-state index < -0.39 is 11.8 Å². The molecule has 0 saturated heterocycles. The van der Waals surface area contributed by atoms with E-state index in [4.69, 9.17) is 7.85 Å². The number of halogens is 1. The average Bonchev–Trinajstić information content (AvgIpc) is 2.08. The van der Waals surface area contributed by atoms with Gasteiger partial charge in [0, 0.05) is 0 Å². The monoisotopic (exact) mass is 164 g/mol. The van der Waals surface area contributed by atoms with Gasteiger partial charge in [0.1, 0.15) is 13.7 Å². The fourth-order valence-electron chi connectivity index (χ4n) is 0.815. The molecule has 0 aliphatic rings. The van der Waals surface area contributed by atoms with Gasteiger partial charge < -0.3 is 4.74 Å². The van der Waals surface area contributed by atoms with E-state index in [-0.39, 0.29) is 11.0 Å². The van der Waals surface area contributed by atoms with Crippen molar-refractivity contribution in [3.8, 4) is 0 Å². The Kier molecular flexibility index (Phi) is 2.48. The molecule has 0 atom stereocenters. The number of hydrogen-bond acceptors (Lipinski definition) is 2. The molecule has 0 aliphatic carbocycles. The van der Waals surface area contributed by atoms with Gasteiger partial charge in [0.05, 0.1) is 12.7 Å². The van der Waals surface area contributed by atoms with Crippen molar-refractivity contribution in [3.05, 3.63) is 29.6 Å². The maximum atomic E-state index is 12.6. The molecule has 0 aromatic heterocycles. The predicted octanol–water partition coefficient (Wildman–Crippen LogP) is 0.406. The topological polar surface area (TPSA) is 26.3 Å². The fraction of sp³-hybridized carbons (Fsp3) is 0.125. The van der Waals surface area contributed by atoms with Crippen LogP contribution in [-0.2, 0) is 4.74 Å². The number of carbonyl (C=O) groups is 1. The fourth-order valence-corrected chi connectivity index (χ4v) is 0.815. The standard InChI is InChI=1S/C8H6BFO2/c1-12-8(11)6-4-5(10)2-3-7(6)9/h2-4H,1H3. The zero-order chi connectivity index (χ0) is 9.14. The highest BCUT2D eigenvalue weighted by Crippen LogP contribution is 2.01. The molecule has 0 N–H and O–H groups in total. The zero-order valence-electron chi connectivity index (χ0n) is 6.50. The van der Waals surface area contributed by atoms with Crippen LogP contribution in [0, 0.1) is 5.82 Å². The summed E-state index contributed by atoms with van der Waals surface area (Å²) in [6.07, 6.45) is 0. The number of carbonyl (C=O) groups excluding carboxylic acids is 1. The molecule has 2 radical (unpaired) electrons. The van der Waals surface area contributed by atoms with E-state index in [1.54, 1.807) is 0 Å². The second-order valence-electron chi connectivity index (χ2n) is 2.22. The van der Waals surface area contributed by atoms with Crippen molar-refractivity contribution in [2.75, 3.05) is 7.11 Å². The minimum absolute atomic E-state index is 0.0532. The minimum Gasteiger partial charge on any atom is -0.465 e. The van der Waals surface area contributed by atoms with Gasteiger partial charge >= 0.3 is 5.97 Å². The summed E-state index contributed by atoms with van der Waals surface area (Å²) < 4.78 is 17.0. The van der Waals surface area contributed by atoms with Gasteiger partial charge in [-0.25, -0.2) is 9.18 Å². The Morgan fingerprint density at radius 1 is 1.58 bits per heavy atom. The lowest BCUT2D eigenvalue weighted by Gasteiger charge is -2.02. The van der Waals surface area contributed by atoms with Crippen LogP contribution in [0.5, 0.6) is 0 Å². The maximum absolute atomic E-state index is 12.6. The molecule has 0 fully saturated rings. The molecule has 0 spiro atoms. The molecule has 0 aliphatic heterocycles. The lowest BCUT2D eigenvalue weighted by molar-refractivity contribution is 0.0602. The van der Waals surface area contributed by atoms with Gasteiger partial charge in [-0.1, -0.05) is 11.5 Å². The Hall–Kier alpha value is -1.32. The number of esters is 1. The molecule has 1 aromatic carbocycles. The van der Waals surface area contributed by atoms with Crippen LogP contribution in [0.3, 0.4) is 0 Å². The third-order valence-electron chi connectivity index (χ3n) is 1.42. The van der Waals surface area contributed by atoms with Gasteiger partial charge in [0.25, 0.3) is 0 Å². The highest BCUT2D eigenvalue weighted by atomic mass is 19.1. The summed E-state index contributed by atoms with van der Waals surface area (Å²) in [5.41, 5.74) is 0.265. The van der Waals surface area contributed by atoms with E-state index in [0.29, 0.717) is 0 Å². The highest BCUT2D eigenvalue weighted by molar-refractivity contribution is 6.36. The third-order valence-corrected chi connectivity index (χ3v) is 1.42. The first-order chi connectivity index (χ1) is 5.65. The summed E-state index contributed by atoms with van der Waals surface area (Å²) in [5, 5.41) is 0. The number of methoxy groups -OCH3 is 1. The smallest absolute Gasteiger partial charge is 0.337 e. The molecule has 0 saturated carbocycles.